The molecule has 0 bridgehead atoms. The van der Waals surface area contributed by atoms with Crippen LogP contribution < -0.4 is 10.6 Å². The lowest BCUT2D eigenvalue weighted by Crippen LogP contribution is -2.45. The third kappa shape index (κ3) is 4.96. The van der Waals surface area contributed by atoms with Crippen LogP contribution in [0.2, 0.25) is 5.02 Å². The van der Waals surface area contributed by atoms with Gasteiger partial charge in [-0.15, -0.1) is 10.2 Å². The Labute approximate surface area is 155 Å². The van der Waals surface area contributed by atoms with Crippen LogP contribution in [-0.4, -0.2) is 38.0 Å². The van der Waals surface area contributed by atoms with Gasteiger partial charge in [0.05, 0.1) is 10.3 Å². The van der Waals surface area contributed by atoms with Gasteiger partial charge in [0.15, 0.2) is 11.0 Å². The molecule has 0 fully saturated rings. The molecule has 3 amide bonds. The first-order valence-corrected chi connectivity index (χ1v) is 8.97. The number of rotatable bonds is 5. The molecule has 2 aromatic rings. The topological polar surface area (TPSA) is 88.9 Å². The monoisotopic (exact) mass is 381 g/mol. The SMILES string of the molecule is CC(C)NC(=O)NC(=O)[C@@H](C)Sc1nnc(-c2ccccc2Cl)n1C. The normalized spacial score (nSPS) is 12.1. The number of hydrogen-bond acceptors (Lipinski definition) is 5. The molecule has 0 aliphatic rings. The second kappa shape index (κ2) is 8.35. The van der Waals surface area contributed by atoms with Crippen molar-refractivity contribution in [3.05, 3.63) is 29.3 Å². The van der Waals surface area contributed by atoms with Crippen LogP contribution in [0.3, 0.4) is 0 Å². The summed E-state index contributed by atoms with van der Waals surface area (Å²) in [6.07, 6.45) is 0. The number of amides is 3. The molecule has 0 saturated carbocycles. The van der Waals surface area contributed by atoms with Crippen molar-refractivity contribution in [2.75, 3.05) is 0 Å². The third-order valence-corrected chi connectivity index (χ3v) is 4.72. The van der Waals surface area contributed by atoms with E-state index in [0.717, 1.165) is 5.56 Å². The van der Waals surface area contributed by atoms with Crippen LogP contribution in [0.5, 0.6) is 0 Å². The van der Waals surface area contributed by atoms with Crippen molar-refractivity contribution in [2.45, 2.75) is 37.2 Å². The zero-order valence-corrected chi connectivity index (χ0v) is 16.0. The van der Waals surface area contributed by atoms with Crippen molar-refractivity contribution in [3.8, 4) is 11.4 Å². The van der Waals surface area contributed by atoms with Crippen LogP contribution in [0.25, 0.3) is 11.4 Å². The first kappa shape index (κ1) is 19.3. The lowest BCUT2D eigenvalue weighted by molar-refractivity contribution is -0.119. The molecule has 7 nitrogen and oxygen atoms in total. The van der Waals surface area contributed by atoms with Gasteiger partial charge in [-0.05, 0) is 32.9 Å². The van der Waals surface area contributed by atoms with Crippen molar-refractivity contribution >= 4 is 35.3 Å². The molecule has 1 aromatic carbocycles. The maximum Gasteiger partial charge on any atom is 0.321 e. The molecule has 1 heterocycles. The summed E-state index contributed by atoms with van der Waals surface area (Å²) in [7, 11) is 1.80. The van der Waals surface area contributed by atoms with Crippen LogP contribution in [-0.2, 0) is 11.8 Å². The minimum absolute atomic E-state index is 0.0484. The molecule has 2 rings (SSSR count). The Morgan fingerprint density at radius 2 is 1.88 bits per heavy atom. The van der Waals surface area contributed by atoms with E-state index in [1.807, 2.05) is 32.0 Å². The minimum Gasteiger partial charge on any atom is -0.336 e. The van der Waals surface area contributed by atoms with E-state index in [1.165, 1.54) is 11.8 Å². The van der Waals surface area contributed by atoms with E-state index in [1.54, 1.807) is 24.6 Å². The number of carbonyl (C=O) groups is 2. The zero-order chi connectivity index (χ0) is 18.6. The molecule has 2 N–H and O–H groups in total. The van der Waals surface area contributed by atoms with Gasteiger partial charge in [0.2, 0.25) is 5.91 Å². The second-order valence-electron chi connectivity index (χ2n) is 5.72. The van der Waals surface area contributed by atoms with Crippen molar-refractivity contribution in [1.82, 2.24) is 25.4 Å². The summed E-state index contributed by atoms with van der Waals surface area (Å²) in [4.78, 5) is 23.7. The number of urea groups is 1. The number of hydrogen-bond donors (Lipinski definition) is 2. The summed E-state index contributed by atoms with van der Waals surface area (Å²) in [5.74, 6) is 0.212. The van der Waals surface area contributed by atoms with E-state index in [0.29, 0.717) is 16.0 Å². The lowest BCUT2D eigenvalue weighted by Gasteiger charge is -2.13. The summed E-state index contributed by atoms with van der Waals surface area (Å²) < 4.78 is 1.77. The van der Waals surface area contributed by atoms with Crippen LogP contribution >= 0.6 is 23.4 Å². The number of benzene rings is 1. The van der Waals surface area contributed by atoms with Gasteiger partial charge in [-0.25, -0.2) is 4.79 Å². The molecule has 0 radical (unpaired) electrons. The lowest BCUT2D eigenvalue weighted by atomic mass is 10.2. The van der Waals surface area contributed by atoms with Crippen LogP contribution in [0.15, 0.2) is 29.4 Å². The molecule has 0 spiro atoms. The highest BCUT2D eigenvalue weighted by Crippen LogP contribution is 2.29. The highest BCUT2D eigenvalue weighted by Gasteiger charge is 2.21. The Bertz CT molecular complexity index is 778. The molecule has 0 aliphatic carbocycles. The summed E-state index contributed by atoms with van der Waals surface area (Å²) >= 11 is 7.41. The zero-order valence-electron chi connectivity index (χ0n) is 14.4. The molecule has 1 aromatic heterocycles. The van der Waals surface area contributed by atoms with Crippen molar-refractivity contribution in [3.63, 3.8) is 0 Å². The number of aromatic nitrogens is 3. The predicted molar refractivity (Wildman–Crippen MR) is 98.6 cm³/mol. The highest BCUT2D eigenvalue weighted by molar-refractivity contribution is 8.00. The van der Waals surface area contributed by atoms with Gasteiger partial charge in [-0.2, -0.15) is 0 Å². The van der Waals surface area contributed by atoms with Gasteiger partial charge in [0, 0.05) is 18.7 Å². The average molecular weight is 382 g/mol. The molecule has 134 valence electrons. The molecular weight excluding hydrogens is 362 g/mol. The Hall–Kier alpha value is -2.06. The van der Waals surface area contributed by atoms with Crippen LogP contribution in [0, 0.1) is 0 Å². The van der Waals surface area contributed by atoms with Gasteiger partial charge >= 0.3 is 6.03 Å². The van der Waals surface area contributed by atoms with E-state index < -0.39 is 17.2 Å². The average Bonchev–Trinajstić information content (AvgIpc) is 2.88. The molecule has 1 atom stereocenters. The molecule has 9 heteroatoms. The fraction of sp³-hybridized carbons (Fsp3) is 0.375. The number of carbonyl (C=O) groups excluding carboxylic acids is 2. The van der Waals surface area contributed by atoms with E-state index in [4.69, 9.17) is 11.6 Å². The van der Waals surface area contributed by atoms with Gasteiger partial charge in [0.1, 0.15) is 0 Å². The number of halogens is 1. The largest absolute Gasteiger partial charge is 0.336 e. The smallest absolute Gasteiger partial charge is 0.321 e. The molecule has 0 aliphatic heterocycles. The Morgan fingerprint density at radius 3 is 2.52 bits per heavy atom. The summed E-state index contributed by atoms with van der Waals surface area (Å²) in [5.41, 5.74) is 0.763. The quantitative estimate of drug-likeness (QED) is 0.777. The van der Waals surface area contributed by atoms with Crippen LogP contribution in [0.1, 0.15) is 20.8 Å². The van der Waals surface area contributed by atoms with Crippen LogP contribution in [0.4, 0.5) is 4.79 Å². The highest BCUT2D eigenvalue weighted by atomic mass is 35.5. The fourth-order valence-electron chi connectivity index (χ4n) is 2.02. The Balaban J connectivity index is 2.07. The maximum absolute atomic E-state index is 12.1. The summed E-state index contributed by atoms with van der Waals surface area (Å²) in [5, 5.41) is 13.8. The first-order valence-electron chi connectivity index (χ1n) is 7.72. The van der Waals surface area contributed by atoms with Gasteiger partial charge in [-0.3, -0.25) is 10.1 Å². The van der Waals surface area contributed by atoms with E-state index in [-0.39, 0.29) is 6.04 Å². The van der Waals surface area contributed by atoms with Gasteiger partial charge in [-0.1, -0.05) is 35.5 Å². The fourth-order valence-corrected chi connectivity index (χ4v) is 3.05. The van der Waals surface area contributed by atoms with Gasteiger partial charge < -0.3 is 9.88 Å². The molecule has 0 unspecified atom stereocenters. The number of imide groups is 1. The van der Waals surface area contributed by atoms with Crippen molar-refractivity contribution < 1.29 is 9.59 Å². The molecule has 0 saturated heterocycles. The van der Waals surface area contributed by atoms with E-state index in [2.05, 4.69) is 20.8 Å². The number of nitrogens with zero attached hydrogens (tertiary/aromatic N) is 3. The predicted octanol–water partition coefficient (Wildman–Crippen LogP) is 2.85. The van der Waals surface area contributed by atoms with Crippen molar-refractivity contribution in [1.29, 1.82) is 0 Å². The van der Waals surface area contributed by atoms with Crippen molar-refractivity contribution in [2.24, 2.45) is 7.05 Å². The molecule has 25 heavy (non-hydrogen) atoms. The standard InChI is InChI=1S/C16H20ClN5O2S/c1-9(2)18-15(24)19-14(23)10(3)25-16-21-20-13(22(16)4)11-7-5-6-8-12(11)17/h5-10H,1-4H3,(H2,18,19,23,24)/t10-/m1/s1. The first-order chi connectivity index (χ1) is 11.8. The Morgan fingerprint density at radius 1 is 1.20 bits per heavy atom. The summed E-state index contributed by atoms with van der Waals surface area (Å²) in [6.45, 7) is 5.34. The van der Waals surface area contributed by atoms with E-state index in [9.17, 15) is 9.59 Å². The second-order valence-corrected chi connectivity index (χ2v) is 7.44. The number of nitrogens with one attached hydrogen (secondary N) is 2. The molecular formula is C16H20ClN5O2S. The summed E-state index contributed by atoms with van der Waals surface area (Å²) in [6, 6.07) is 6.78. The maximum atomic E-state index is 12.1. The Kier molecular flexibility index (Phi) is 6.44. The third-order valence-electron chi connectivity index (χ3n) is 3.26. The minimum atomic E-state index is -0.514. The van der Waals surface area contributed by atoms with Gasteiger partial charge in [0.25, 0.3) is 0 Å². The number of thioether (sulfide) groups is 1. The van der Waals surface area contributed by atoms with E-state index >= 15 is 0 Å².